The Morgan fingerprint density at radius 1 is 0.821 bits per heavy atom. The van der Waals surface area contributed by atoms with Crippen LogP contribution in [0.4, 0.5) is 14.5 Å². The third-order valence-corrected chi connectivity index (χ3v) is 5.74. The predicted octanol–water partition coefficient (Wildman–Crippen LogP) is 2.87. The van der Waals surface area contributed by atoms with Crippen LogP contribution in [0, 0.1) is 0 Å². The first kappa shape index (κ1) is 31.3. The number of benzene rings is 2. The van der Waals surface area contributed by atoms with Gasteiger partial charge in [-0.2, -0.15) is 0 Å². The molecule has 12 heteroatoms. The summed E-state index contributed by atoms with van der Waals surface area (Å²) in [5.74, 6) is -2.47. The van der Waals surface area contributed by atoms with E-state index in [-0.39, 0.29) is 19.1 Å². The van der Waals surface area contributed by atoms with Gasteiger partial charge in [0.15, 0.2) is 0 Å². The van der Waals surface area contributed by atoms with Gasteiger partial charge in [0.05, 0.1) is 5.69 Å². The maximum absolute atomic E-state index is 12.5. The van der Waals surface area contributed by atoms with Crippen molar-refractivity contribution in [1.29, 1.82) is 0 Å². The lowest BCUT2D eigenvalue weighted by molar-refractivity contribution is -0.159. The number of carbonyl (C=O) groups is 3. The molecule has 0 bridgehead atoms. The highest BCUT2D eigenvalue weighted by Gasteiger charge is 2.19. The van der Waals surface area contributed by atoms with Crippen molar-refractivity contribution in [2.45, 2.75) is 12.8 Å². The Morgan fingerprint density at radius 3 is 2.05 bits per heavy atom. The average molecular weight is 552 g/mol. The topological polar surface area (TPSA) is 129 Å². The molecule has 3 N–H and O–H groups in total. The Bertz CT molecular complexity index is 1020. The molecule has 2 aromatic carbocycles. The number of hydrogen-bond acceptors (Lipinski definition) is 7. The molecule has 1 amide bonds. The standard InChI is InChI=1S/C25H33F2N3O3.C2H2O4/c26-11-19-32-22-9-7-21(8-10-22)25(31)28-13-3-4-14-29-15-17-30(18-16-29)23-5-1-2-6-24(23)33-20-12-27;3-1(4)2(5)6/h1-2,5-10H,3-4,11-20H2,(H,28,31);(H,3,4)(H,5,6). The van der Waals surface area contributed by atoms with Gasteiger partial charge in [-0.25, -0.2) is 18.4 Å². The minimum absolute atomic E-state index is 0.0166. The number of ether oxygens (including phenoxy) is 2. The number of carboxylic acid groups (broad SMARTS) is 2. The molecule has 1 aliphatic rings. The van der Waals surface area contributed by atoms with Gasteiger partial charge < -0.3 is 29.9 Å². The molecule has 2 aromatic rings. The number of nitrogens with one attached hydrogen (secondary N) is 1. The van der Waals surface area contributed by atoms with Crippen LogP contribution in [0.3, 0.4) is 0 Å². The van der Waals surface area contributed by atoms with E-state index in [0.29, 0.717) is 17.9 Å². The minimum Gasteiger partial charge on any atom is -0.491 e. The summed E-state index contributed by atoms with van der Waals surface area (Å²) >= 11 is 0. The molecule has 0 spiro atoms. The van der Waals surface area contributed by atoms with Crippen molar-refractivity contribution < 1.29 is 42.9 Å². The van der Waals surface area contributed by atoms with Crippen molar-refractivity contribution in [3.63, 3.8) is 0 Å². The number of halogens is 2. The van der Waals surface area contributed by atoms with Crippen LogP contribution in [-0.2, 0) is 9.59 Å². The van der Waals surface area contributed by atoms with Gasteiger partial charge in [-0.1, -0.05) is 12.1 Å². The summed E-state index contributed by atoms with van der Waals surface area (Å²) in [5, 5.41) is 17.7. The van der Waals surface area contributed by atoms with Gasteiger partial charge in [0.25, 0.3) is 5.91 Å². The van der Waals surface area contributed by atoms with E-state index < -0.39 is 25.3 Å². The number of unbranched alkanes of at least 4 members (excludes halogenated alkanes) is 1. The summed E-state index contributed by atoms with van der Waals surface area (Å²) in [6, 6.07) is 14.5. The third kappa shape index (κ3) is 11.6. The lowest BCUT2D eigenvalue weighted by Crippen LogP contribution is -2.46. The lowest BCUT2D eigenvalue weighted by Gasteiger charge is -2.36. The molecule has 0 atom stereocenters. The van der Waals surface area contributed by atoms with E-state index in [2.05, 4.69) is 15.1 Å². The van der Waals surface area contributed by atoms with Gasteiger partial charge in [0, 0.05) is 38.3 Å². The zero-order valence-electron chi connectivity index (χ0n) is 21.7. The second-order valence-corrected chi connectivity index (χ2v) is 8.47. The fourth-order valence-corrected chi connectivity index (χ4v) is 3.82. The molecule has 0 saturated carbocycles. The molecular formula is C27H35F2N3O7. The zero-order valence-corrected chi connectivity index (χ0v) is 21.7. The fourth-order valence-electron chi connectivity index (χ4n) is 3.82. The molecule has 0 aliphatic carbocycles. The summed E-state index contributed by atoms with van der Waals surface area (Å²) in [7, 11) is 0. The fraction of sp³-hybridized carbons (Fsp3) is 0.444. The number of amides is 1. The highest BCUT2D eigenvalue weighted by molar-refractivity contribution is 6.27. The smallest absolute Gasteiger partial charge is 0.414 e. The van der Waals surface area contributed by atoms with Crippen molar-refractivity contribution in [1.82, 2.24) is 10.2 Å². The van der Waals surface area contributed by atoms with Crippen molar-refractivity contribution in [2.75, 3.05) is 70.7 Å². The number of nitrogens with zero attached hydrogens (tertiary/aromatic N) is 2. The highest BCUT2D eigenvalue weighted by Crippen LogP contribution is 2.28. The molecule has 0 aromatic heterocycles. The number of carboxylic acids is 2. The third-order valence-electron chi connectivity index (χ3n) is 5.74. The molecular weight excluding hydrogens is 516 g/mol. The molecule has 10 nitrogen and oxygen atoms in total. The van der Waals surface area contributed by atoms with Gasteiger partial charge >= 0.3 is 11.9 Å². The van der Waals surface area contributed by atoms with Gasteiger partial charge in [-0.3, -0.25) is 9.69 Å². The van der Waals surface area contributed by atoms with Crippen molar-refractivity contribution in [2.24, 2.45) is 0 Å². The molecule has 1 fully saturated rings. The second kappa shape index (κ2) is 17.6. The van der Waals surface area contributed by atoms with Crippen LogP contribution in [0.15, 0.2) is 48.5 Å². The highest BCUT2D eigenvalue weighted by atomic mass is 19.1. The number of alkyl halides is 2. The van der Waals surface area contributed by atoms with Crippen LogP contribution >= 0.6 is 0 Å². The van der Waals surface area contributed by atoms with Crippen LogP contribution in [0.1, 0.15) is 23.2 Å². The summed E-state index contributed by atoms with van der Waals surface area (Å²) in [5.41, 5.74) is 1.59. The van der Waals surface area contributed by atoms with Crippen LogP contribution < -0.4 is 19.7 Å². The summed E-state index contributed by atoms with van der Waals surface area (Å²) in [4.78, 5) is 35.2. The lowest BCUT2D eigenvalue weighted by atomic mass is 10.2. The number of piperazine rings is 1. The Labute approximate surface area is 226 Å². The van der Waals surface area contributed by atoms with Crippen molar-refractivity contribution >= 4 is 23.5 Å². The molecule has 214 valence electrons. The maximum atomic E-state index is 12.5. The van der Waals surface area contributed by atoms with E-state index in [9.17, 15) is 13.6 Å². The van der Waals surface area contributed by atoms with E-state index in [0.717, 1.165) is 57.0 Å². The molecule has 0 radical (unpaired) electrons. The number of rotatable bonds is 13. The van der Waals surface area contributed by atoms with E-state index in [1.165, 1.54) is 0 Å². The van der Waals surface area contributed by atoms with Gasteiger partial charge in [-0.15, -0.1) is 0 Å². The van der Waals surface area contributed by atoms with Crippen molar-refractivity contribution in [3.8, 4) is 11.5 Å². The Balaban J connectivity index is 0.000000798. The monoisotopic (exact) mass is 551 g/mol. The van der Waals surface area contributed by atoms with E-state index in [1.807, 2.05) is 24.3 Å². The summed E-state index contributed by atoms with van der Waals surface area (Å²) in [6.07, 6.45) is 1.91. The van der Waals surface area contributed by atoms with Crippen LogP contribution in [0.2, 0.25) is 0 Å². The summed E-state index contributed by atoms with van der Waals surface area (Å²) < 4.78 is 35.3. The van der Waals surface area contributed by atoms with Crippen LogP contribution in [0.5, 0.6) is 11.5 Å². The first-order valence-electron chi connectivity index (χ1n) is 12.6. The first-order valence-corrected chi connectivity index (χ1v) is 12.6. The maximum Gasteiger partial charge on any atom is 0.414 e. The number of aliphatic carboxylic acids is 2. The zero-order chi connectivity index (χ0) is 28.5. The number of hydrogen-bond donors (Lipinski definition) is 3. The SMILES string of the molecule is O=C(NCCCCN1CCN(c2ccccc2OCCF)CC1)c1ccc(OCCF)cc1.O=C(O)C(=O)O. The number of carbonyl (C=O) groups excluding carboxylic acids is 1. The van der Waals surface area contributed by atoms with E-state index >= 15 is 0 Å². The molecule has 1 saturated heterocycles. The normalized spacial score (nSPS) is 13.1. The average Bonchev–Trinajstić information content (AvgIpc) is 2.95. The second-order valence-electron chi connectivity index (χ2n) is 8.47. The molecule has 39 heavy (non-hydrogen) atoms. The Hall–Kier alpha value is -3.93. The Morgan fingerprint density at radius 2 is 1.44 bits per heavy atom. The largest absolute Gasteiger partial charge is 0.491 e. The number of anilines is 1. The van der Waals surface area contributed by atoms with Crippen LogP contribution in [-0.4, -0.2) is 98.8 Å². The predicted molar refractivity (Wildman–Crippen MR) is 141 cm³/mol. The molecule has 0 unspecified atom stereocenters. The van der Waals surface area contributed by atoms with Crippen molar-refractivity contribution in [3.05, 3.63) is 54.1 Å². The molecule has 1 aliphatic heterocycles. The number of para-hydroxylation sites is 2. The van der Waals surface area contributed by atoms with E-state index in [1.54, 1.807) is 24.3 Å². The molecule has 3 rings (SSSR count). The summed E-state index contributed by atoms with van der Waals surface area (Å²) in [6.45, 7) is 4.39. The Kier molecular flexibility index (Phi) is 14.1. The van der Waals surface area contributed by atoms with E-state index in [4.69, 9.17) is 29.3 Å². The van der Waals surface area contributed by atoms with Crippen LogP contribution in [0.25, 0.3) is 0 Å². The minimum atomic E-state index is -1.82. The van der Waals surface area contributed by atoms with Gasteiger partial charge in [0.2, 0.25) is 0 Å². The molecule has 1 heterocycles. The van der Waals surface area contributed by atoms with Gasteiger partial charge in [0.1, 0.15) is 38.1 Å². The first-order chi connectivity index (χ1) is 18.8. The van der Waals surface area contributed by atoms with Gasteiger partial charge in [-0.05, 0) is 55.8 Å². The quantitative estimate of drug-likeness (QED) is 0.254.